The van der Waals surface area contributed by atoms with Crippen LogP contribution in [0.1, 0.15) is 0 Å². The number of hydrogen-bond acceptors (Lipinski definition) is 2. The van der Waals surface area contributed by atoms with E-state index < -0.39 is 7.12 Å². The second-order valence-corrected chi connectivity index (χ2v) is 6.19. The number of fused-ring (bicyclic) bond motifs is 5. The summed E-state index contributed by atoms with van der Waals surface area (Å²) in [6.07, 6.45) is 0. The largest absolute Gasteiger partial charge is 0.488 e. The van der Waals surface area contributed by atoms with Crippen molar-refractivity contribution in [2.75, 3.05) is 0 Å². The van der Waals surface area contributed by atoms with Crippen LogP contribution in [0.5, 0.6) is 0 Å². The molecule has 0 aliphatic carbocycles. The fourth-order valence-corrected chi connectivity index (χ4v) is 3.82. The molecule has 5 aromatic rings. The molecule has 4 heteroatoms. The van der Waals surface area contributed by atoms with Crippen molar-refractivity contribution in [3.63, 3.8) is 0 Å². The maximum atomic E-state index is 9.70. The molecule has 0 spiro atoms. The number of para-hydroxylation sites is 2. The molecule has 2 aromatic heterocycles. The van der Waals surface area contributed by atoms with Gasteiger partial charge in [0.25, 0.3) is 0 Å². The van der Waals surface area contributed by atoms with Gasteiger partial charge in [-0.25, -0.2) is 0 Å². The molecule has 0 bridgehead atoms. The van der Waals surface area contributed by atoms with Crippen LogP contribution in [-0.2, 0) is 0 Å². The Kier molecular flexibility index (Phi) is 2.61. The lowest BCUT2D eigenvalue weighted by Crippen LogP contribution is -2.30. The van der Waals surface area contributed by atoms with E-state index in [9.17, 15) is 10.0 Å². The fraction of sp³-hybridized carbons (Fsp3) is 0. The molecular weight excluding hydrogens is 297 g/mol. The van der Waals surface area contributed by atoms with Gasteiger partial charge in [-0.1, -0.05) is 55.1 Å². The van der Waals surface area contributed by atoms with Crippen molar-refractivity contribution >= 4 is 57.3 Å². The topological polar surface area (TPSA) is 44.9 Å². The number of pyridine rings is 1. The first-order valence-electron chi connectivity index (χ1n) is 7.89. The number of hydrogen-bond donors (Lipinski definition) is 2. The number of nitrogens with zero attached hydrogens (tertiary/aromatic N) is 1. The SMILES string of the molecule is C=c1c2ccccc2n2c3ccccc3c3cc(B(O)O)cc1c32. The normalized spacial score (nSPS) is 11.9. The molecule has 0 saturated heterocycles. The van der Waals surface area contributed by atoms with Gasteiger partial charge in [0.15, 0.2) is 0 Å². The Labute approximate surface area is 138 Å². The van der Waals surface area contributed by atoms with Gasteiger partial charge in [0.1, 0.15) is 0 Å². The van der Waals surface area contributed by atoms with Crippen molar-refractivity contribution in [1.82, 2.24) is 4.40 Å². The summed E-state index contributed by atoms with van der Waals surface area (Å²) in [6.45, 7) is 4.27. The van der Waals surface area contributed by atoms with Crippen LogP contribution >= 0.6 is 0 Å². The number of rotatable bonds is 1. The van der Waals surface area contributed by atoms with Gasteiger partial charge >= 0.3 is 7.12 Å². The molecule has 2 N–H and O–H groups in total. The summed E-state index contributed by atoms with van der Waals surface area (Å²) in [5.41, 5.74) is 3.78. The summed E-state index contributed by atoms with van der Waals surface area (Å²) in [4.78, 5) is 0. The maximum absolute atomic E-state index is 9.70. The van der Waals surface area contributed by atoms with Crippen LogP contribution in [-0.4, -0.2) is 21.6 Å². The van der Waals surface area contributed by atoms with Gasteiger partial charge < -0.3 is 14.4 Å². The van der Waals surface area contributed by atoms with Crippen LogP contribution in [0, 0.1) is 0 Å². The van der Waals surface area contributed by atoms with Crippen LogP contribution in [0.25, 0.3) is 44.7 Å². The Morgan fingerprint density at radius 3 is 2.04 bits per heavy atom. The van der Waals surface area contributed by atoms with Gasteiger partial charge in [-0.15, -0.1) is 0 Å². The zero-order valence-corrected chi connectivity index (χ0v) is 12.9. The van der Waals surface area contributed by atoms with Crippen LogP contribution in [0.2, 0.25) is 0 Å². The molecule has 0 aliphatic rings. The molecule has 0 aliphatic heterocycles. The summed E-state index contributed by atoms with van der Waals surface area (Å²) in [7, 11) is -1.50. The molecule has 24 heavy (non-hydrogen) atoms. The van der Waals surface area contributed by atoms with Crippen LogP contribution < -0.4 is 10.7 Å². The lowest BCUT2D eigenvalue weighted by Gasteiger charge is -2.10. The van der Waals surface area contributed by atoms with E-state index in [4.69, 9.17) is 0 Å². The predicted octanol–water partition coefficient (Wildman–Crippen LogP) is 2.21. The fourth-order valence-electron chi connectivity index (χ4n) is 3.82. The zero-order valence-electron chi connectivity index (χ0n) is 12.9. The highest BCUT2D eigenvalue weighted by molar-refractivity contribution is 6.59. The average molecular weight is 311 g/mol. The standard InChI is InChI=1S/C20H14BNO2/c1-12-14-6-2-4-8-18(14)22-19-9-5-3-7-15(19)17-11-13(21(23)24)10-16(12)20(17)22/h2-11,23-24H,1H2. The van der Waals surface area contributed by atoms with Crippen LogP contribution in [0.3, 0.4) is 0 Å². The van der Waals surface area contributed by atoms with E-state index in [1.165, 1.54) is 0 Å². The van der Waals surface area contributed by atoms with Gasteiger partial charge in [-0.05, 0) is 22.8 Å². The third-order valence-electron chi connectivity index (χ3n) is 4.88. The highest BCUT2D eigenvalue weighted by atomic mass is 16.4. The Bertz CT molecular complexity index is 1300. The molecule has 0 saturated carbocycles. The van der Waals surface area contributed by atoms with Crippen molar-refractivity contribution < 1.29 is 10.0 Å². The van der Waals surface area contributed by atoms with E-state index in [0.29, 0.717) is 5.46 Å². The molecule has 2 heterocycles. The van der Waals surface area contributed by atoms with Gasteiger partial charge in [-0.2, -0.15) is 0 Å². The van der Waals surface area contributed by atoms with E-state index in [1.807, 2.05) is 36.4 Å². The third kappa shape index (κ3) is 1.59. The molecule has 0 radical (unpaired) electrons. The lowest BCUT2D eigenvalue weighted by atomic mass is 9.79. The molecule has 0 amide bonds. The third-order valence-corrected chi connectivity index (χ3v) is 4.88. The highest BCUT2D eigenvalue weighted by Gasteiger charge is 2.19. The van der Waals surface area contributed by atoms with E-state index in [1.54, 1.807) is 0 Å². The summed E-state index contributed by atoms with van der Waals surface area (Å²) < 4.78 is 2.25. The Morgan fingerprint density at radius 1 is 0.750 bits per heavy atom. The first-order valence-corrected chi connectivity index (χ1v) is 7.89. The van der Waals surface area contributed by atoms with Crippen molar-refractivity contribution in [3.8, 4) is 0 Å². The Hall–Kier alpha value is -2.82. The molecule has 3 nitrogen and oxygen atoms in total. The molecule has 0 unspecified atom stereocenters. The molecule has 0 atom stereocenters. The minimum absolute atomic E-state index is 0.487. The highest BCUT2D eigenvalue weighted by Crippen LogP contribution is 2.32. The summed E-state index contributed by atoms with van der Waals surface area (Å²) >= 11 is 0. The zero-order chi connectivity index (χ0) is 16.4. The minimum Gasteiger partial charge on any atom is -0.423 e. The van der Waals surface area contributed by atoms with Gasteiger partial charge in [0.05, 0.1) is 16.6 Å². The number of benzene rings is 3. The summed E-state index contributed by atoms with van der Waals surface area (Å²) in [5, 5.41) is 24.4. The Morgan fingerprint density at radius 2 is 1.33 bits per heavy atom. The van der Waals surface area contributed by atoms with E-state index in [-0.39, 0.29) is 0 Å². The molecular formula is C20H14BNO2. The van der Waals surface area contributed by atoms with E-state index in [2.05, 4.69) is 35.2 Å². The van der Waals surface area contributed by atoms with Crippen LogP contribution in [0.4, 0.5) is 0 Å². The molecule has 3 aromatic carbocycles. The van der Waals surface area contributed by atoms with Crippen molar-refractivity contribution in [3.05, 3.63) is 65.9 Å². The van der Waals surface area contributed by atoms with Gasteiger partial charge in [-0.3, -0.25) is 0 Å². The predicted molar refractivity (Wildman–Crippen MR) is 100 cm³/mol. The summed E-state index contributed by atoms with van der Waals surface area (Å²) in [6, 6.07) is 20.1. The maximum Gasteiger partial charge on any atom is 0.488 e. The molecule has 5 rings (SSSR count). The quantitative estimate of drug-likeness (QED) is 0.368. The second-order valence-electron chi connectivity index (χ2n) is 6.19. The van der Waals surface area contributed by atoms with Crippen molar-refractivity contribution in [2.24, 2.45) is 0 Å². The number of aromatic nitrogens is 1. The van der Waals surface area contributed by atoms with Crippen molar-refractivity contribution in [2.45, 2.75) is 0 Å². The average Bonchev–Trinajstić information content (AvgIpc) is 2.94. The Balaban J connectivity index is 2.24. The van der Waals surface area contributed by atoms with Crippen LogP contribution in [0.15, 0.2) is 60.7 Å². The molecule has 0 fully saturated rings. The van der Waals surface area contributed by atoms with E-state index in [0.717, 1.165) is 43.3 Å². The minimum atomic E-state index is -1.50. The first-order chi connectivity index (χ1) is 11.7. The van der Waals surface area contributed by atoms with Gasteiger partial charge in [0.2, 0.25) is 0 Å². The second kappa shape index (κ2) is 4.60. The monoisotopic (exact) mass is 311 g/mol. The van der Waals surface area contributed by atoms with Crippen molar-refractivity contribution in [1.29, 1.82) is 0 Å². The van der Waals surface area contributed by atoms with Gasteiger partial charge in [0, 0.05) is 21.5 Å². The first kappa shape index (κ1) is 13.6. The summed E-state index contributed by atoms with van der Waals surface area (Å²) in [5.74, 6) is 0. The van der Waals surface area contributed by atoms with E-state index >= 15 is 0 Å². The lowest BCUT2D eigenvalue weighted by molar-refractivity contribution is 0.426. The smallest absolute Gasteiger partial charge is 0.423 e. The molecule has 114 valence electrons.